The van der Waals surface area contributed by atoms with Crippen LogP contribution in [0.1, 0.15) is 16.8 Å². The van der Waals surface area contributed by atoms with Gasteiger partial charge >= 0.3 is 0 Å². The van der Waals surface area contributed by atoms with Crippen molar-refractivity contribution in [2.75, 3.05) is 21.9 Å². The van der Waals surface area contributed by atoms with Crippen molar-refractivity contribution in [2.45, 2.75) is 6.42 Å². The number of benzene rings is 1. The molecule has 1 N–H and O–H groups in total. The zero-order valence-corrected chi connectivity index (χ0v) is 13.6. The number of hydrogen-bond donors (Lipinski definition) is 1. The van der Waals surface area contributed by atoms with Crippen LogP contribution < -0.4 is 9.62 Å². The summed E-state index contributed by atoms with van der Waals surface area (Å²) in [4.78, 5) is 15.9. The average molecular weight is 352 g/mol. The van der Waals surface area contributed by atoms with Crippen LogP contribution in [0.4, 0.5) is 11.4 Å². The first-order valence-corrected chi connectivity index (χ1v) is 8.97. The molecule has 2 heterocycles. The number of pyridine rings is 1. The fourth-order valence-electron chi connectivity index (χ4n) is 2.40. The first-order valence-electron chi connectivity index (χ1n) is 6.99. The van der Waals surface area contributed by atoms with Gasteiger partial charge in [-0.3, -0.25) is 14.1 Å². The van der Waals surface area contributed by atoms with Crippen LogP contribution in [0.25, 0.3) is 0 Å². The Balaban J connectivity index is 1.81. The Hall–Kier alpha value is -2.12. The molecule has 1 aliphatic rings. The van der Waals surface area contributed by atoms with Gasteiger partial charge in [0.2, 0.25) is 10.0 Å². The molecule has 1 fully saturated rings. The fourth-order valence-corrected chi connectivity index (χ4v) is 4.32. The first-order chi connectivity index (χ1) is 11.0. The highest BCUT2D eigenvalue weighted by Gasteiger charge is 2.29. The number of nitrogens with zero attached hydrogens (tertiary/aromatic N) is 2. The Kier molecular flexibility index (Phi) is 4.23. The predicted octanol–water partition coefficient (Wildman–Crippen LogP) is 2.53. The van der Waals surface area contributed by atoms with E-state index < -0.39 is 10.0 Å². The second-order valence-electron chi connectivity index (χ2n) is 5.10. The highest BCUT2D eigenvalue weighted by molar-refractivity contribution is 7.93. The van der Waals surface area contributed by atoms with Crippen molar-refractivity contribution in [2.24, 2.45) is 0 Å². The molecular formula is C15H14ClN3O3S. The maximum atomic E-state index is 12.1. The molecule has 0 aliphatic carbocycles. The van der Waals surface area contributed by atoms with Crippen molar-refractivity contribution in [3.8, 4) is 0 Å². The van der Waals surface area contributed by atoms with Crippen molar-refractivity contribution in [3.63, 3.8) is 0 Å². The zero-order chi connectivity index (χ0) is 16.4. The summed E-state index contributed by atoms with van der Waals surface area (Å²) < 4.78 is 25.2. The topological polar surface area (TPSA) is 79.4 Å². The van der Waals surface area contributed by atoms with Crippen molar-refractivity contribution in [1.82, 2.24) is 4.98 Å². The second-order valence-corrected chi connectivity index (χ2v) is 7.52. The maximum Gasteiger partial charge on any atom is 0.255 e. The SMILES string of the molecule is O=C(Nc1ccc(N2CCCS2(=O)=O)c(Cl)c1)c1ccncc1. The lowest BCUT2D eigenvalue weighted by Crippen LogP contribution is -2.25. The number of carbonyl (C=O) groups excluding carboxylic acids is 1. The number of nitrogens with one attached hydrogen (secondary N) is 1. The van der Waals surface area contributed by atoms with E-state index in [2.05, 4.69) is 10.3 Å². The average Bonchev–Trinajstić information content (AvgIpc) is 2.87. The van der Waals surface area contributed by atoms with Crippen LogP contribution in [-0.4, -0.2) is 31.6 Å². The number of rotatable bonds is 3. The van der Waals surface area contributed by atoms with E-state index in [4.69, 9.17) is 11.6 Å². The Morgan fingerprint density at radius 2 is 1.96 bits per heavy atom. The first kappa shape index (κ1) is 15.8. The van der Waals surface area contributed by atoms with Gasteiger partial charge in [0.1, 0.15) is 0 Å². The van der Waals surface area contributed by atoms with Gasteiger partial charge in [-0.05, 0) is 36.8 Å². The second kappa shape index (κ2) is 6.17. The van der Waals surface area contributed by atoms with E-state index in [-0.39, 0.29) is 16.7 Å². The standard InChI is InChI=1S/C15H14ClN3O3S/c16-13-10-12(18-15(20)11-4-6-17-7-5-11)2-3-14(13)19-8-1-9-23(19,21)22/h2-7,10H,1,8-9H2,(H,18,20). The van der Waals surface area contributed by atoms with Crippen LogP contribution in [0, 0.1) is 0 Å². The third-order valence-electron chi connectivity index (χ3n) is 3.52. The summed E-state index contributed by atoms with van der Waals surface area (Å²) in [6.45, 7) is 0.421. The van der Waals surface area contributed by atoms with Gasteiger partial charge in [-0.25, -0.2) is 8.42 Å². The van der Waals surface area contributed by atoms with Crippen LogP contribution in [0.15, 0.2) is 42.7 Å². The van der Waals surface area contributed by atoms with E-state index in [0.29, 0.717) is 29.9 Å². The summed E-state index contributed by atoms with van der Waals surface area (Å²) in [6.07, 6.45) is 3.64. The van der Waals surface area contributed by atoms with Crippen LogP contribution in [0.5, 0.6) is 0 Å². The molecule has 0 atom stereocenters. The molecule has 0 unspecified atom stereocenters. The molecule has 120 valence electrons. The number of sulfonamides is 1. The molecule has 0 radical (unpaired) electrons. The normalized spacial score (nSPS) is 16.3. The van der Waals surface area contributed by atoms with E-state index in [1.807, 2.05) is 0 Å². The van der Waals surface area contributed by atoms with Crippen LogP contribution in [0.3, 0.4) is 0 Å². The lowest BCUT2D eigenvalue weighted by molar-refractivity contribution is 0.102. The molecule has 23 heavy (non-hydrogen) atoms. The Bertz CT molecular complexity index is 840. The number of anilines is 2. The van der Waals surface area contributed by atoms with Crippen molar-refractivity contribution < 1.29 is 13.2 Å². The van der Waals surface area contributed by atoms with E-state index >= 15 is 0 Å². The smallest absolute Gasteiger partial charge is 0.255 e. The van der Waals surface area contributed by atoms with E-state index in [1.54, 1.807) is 30.3 Å². The van der Waals surface area contributed by atoms with Crippen molar-refractivity contribution in [3.05, 3.63) is 53.3 Å². The molecule has 6 nitrogen and oxygen atoms in total. The van der Waals surface area contributed by atoms with E-state index in [1.165, 1.54) is 16.7 Å². The van der Waals surface area contributed by atoms with Crippen LogP contribution in [-0.2, 0) is 10.0 Å². The molecule has 1 saturated heterocycles. The maximum absolute atomic E-state index is 12.1. The summed E-state index contributed by atoms with van der Waals surface area (Å²) >= 11 is 6.20. The Labute approximate surface area is 139 Å². The zero-order valence-electron chi connectivity index (χ0n) is 12.1. The van der Waals surface area contributed by atoms with Gasteiger partial charge in [0.05, 0.1) is 16.5 Å². The molecule has 1 aromatic carbocycles. The quantitative estimate of drug-likeness (QED) is 0.921. The van der Waals surface area contributed by atoms with Crippen molar-refractivity contribution in [1.29, 1.82) is 0 Å². The lowest BCUT2D eigenvalue weighted by atomic mass is 10.2. The molecule has 1 amide bonds. The molecule has 3 rings (SSSR count). The Morgan fingerprint density at radius 1 is 1.22 bits per heavy atom. The molecule has 1 aliphatic heterocycles. The van der Waals surface area contributed by atoms with E-state index in [9.17, 15) is 13.2 Å². The van der Waals surface area contributed by atoms with Gasteiger partial charge in [-0.1, -0.05) is 11.6 Å². The third-order valence-corrected chi connectivity index (χ3v) is 5.67. The predicted molar refractivity (Wildman–Crippen MR) is 89.4 cm³/mol. The lowest BCUT2D eigenvalue weighted by Gasteiger charge is -2.19. The monoisotopic (exact) mass is 351 g/mol. The van der Waals surface area contributed by atoms with Crippen LogP contribution in [0.2, 0.25) is 5.02 Å². The van der Waals surface area contributed by atoms with Gasteiger partial charge in [0, 0.05) is 30.2 Å². The minimum atomic E-state index is -3.29. The number of carbonyl (C=O) groups is 1. The minimum absolute atomic E-state index is 0.129. The van der Waals surface area contributed by atoms with Crippen LogP contribution >= 0.6 is 11.6 Å². The third kappa shape index (κ3) is 3.30. The van der Waals surface area contributed by atoms with Gasteiger partial charge in [0.15, 0.2) is 0 Å². The summed E-state index contributed by atoms with van der Waals surface area (Å²) in [6, 6.07) is 7.98. The molecule has 8 heteroatoms. The van der Waals surface area contributed by atoms with Gasteiger partial charge in [-0.15, -0.1) is 0 Å². The highest BCUT2D eigenvalue weighted by Crippen LogP contribution is 2.33. The Morgan fingerprint density at radius 3 is 2.57 bits per heavy atom. The summed E-state index contributed by atoms with van der Waals surface area (Å²) in [5, 5.41) is 3.00. The number of hydrogen-bond acceptors (Lipinski definition) is 4. The number of aromatic nitrogens is 1. The summed E-state index contributed by atoms with van der Waals surface area (Å²) in [7, 11) is -3.29. The largest absolute Gasteiger partial charge is 0.322 e. The molecule has 0 spiro atoms. The number of amides is 1. The molecule has 0 bridgehead atoms. The van der Waals surface area contributed by atoms with Gasteiger partial charge < -0.3 is 5.32 Å². The number of halogens is 1. The minimum Gasteiger partial charge on any atom is -0.322 e. The molecule has 2 aromatic rings. The summed E-state index contributed by atoms with van der Waals surface area (Å²) in [5.41, 5.74) is 1.41. The van der Waals surface area contributed by atoms with Gasteiger partial charge in [0.25, 0.3) is 5.91 Å². The highest BCUT2D eigenvalue weighted by atomic mass is 35.5. The van der Waals surface area contributed by atoms with E-state index in [0.717, 1.165) is 0 Å². The summed E-state index contributed by atoms with van der Waals surface area (Å²) in [5.74, 6) is -0.158. The van der Waals surface area contributed by atoms with Gasteiger partial charge in [-0.2, -0.15) is 0 Å². The molecular weight excluding hydrogens is 338 g/mol. The molecule has 0 saturated carbocycles. The molecule has 1 aromatic heterocycles. The van der Waals surface area contributed by atoms with Crippen molar-refractivity contribution >= 4 is 38.9 Å². The fraction of sp³-hybridized carbons (Fsp3) is 0.200.